The molecule has 5 nitrogen and oxygen atoms in total. The van der Waals surface area contributed by atoms with E-state index in [0.717, 1.165) is 0 Å². The topological polar surface area (TPSA) is 78.4 Å². The first kappa shape index (κ1) is 16.2. The Labute approximate surface area is 118 Å². The van der Waals surface area contributed by atoms with Crippen LogP contribution in [-0.2, 0) is 9.59 Å². The van der Waals surface area contributed by atoms with Crippen LogP contribution in [-0.4, -0.2) is 35.3 Å². The Morgan fingerprint density at radius 2 is 2.00 bits per heavy atom. The van der Waals surface area contributed by atoms with E-state index in [0.29, 0.717) is 22.3 Å². The molecule has 0 heterocycles. The van der Waals surface area contributed by atoms with E-state index >= 15 is 0 Å². The van der Waals surface area contributed by atoms with Crippen molar-refractivity contribution in [3.8, 4) is 0 Å². The Kier molecular flexibility index (Phi) is 6.23. The first-order valence-corrected chi connectivity index (χ1v) is 6.55. The minimum absolute atomic E-state index is 0.101. The van der Waals surface area contributed by atoms with Gasteiger partial charge in [0.2, 0.25) is 5.91 Å². The van der Waals surface area contributed by atoms with Crippen molar-refractivity contribution in [1.82, 2.24) is 5.32 Å². The van der Waals surface area contributed by atoms with E-state index < -0.39 is 23.7 Å². The van der Waals surface area contributed by atoms with Gasteiger partial charge in [0.1, 0.15) is 6.04 Å². The molecule has 0 radical (unpaired) electrons. The van der Waals surface area contributed by atoms with Gasteiger partial charge in [0.15, 0.2) is 0 Å². The number of carbonyl (C=O) groups is 2. The molecule has 0 aliphatic heterocycles. The van der Waals surface area contributed by atoms with E-state index in [-0.39, 0.29) is 6.54 Å². The van der Waals surface area contributed by atoms with Crippen LogP contribution < -0.4 is 10.6 Å². The molecule has 0 aromatic heterocycles. The third kappa shape index (κ3) is 5.43. The van der Waals surface area contributed by atoms with Crippen molar-refractivity contribution < 1.29 is 23.5 Å². The van der Waals surface area contributed by atoms with Crippen LogP contribution in [0, 0.1) is 0 Å². The summed E-state index contributed by atoms with van der Waals surface area (Å²) in [6.45, 7) is 1.10. The second-order valence-corrected chi connectivity index (χ2v) is 4.88. The molecular formula is C12H14F2N2O3S. The molecule has 1 amide bonds. The SMILES string of the molecule is CC(=O)NC(CNc1ccccc1SC(F)F)C(=O)O. The van der Waals surface area contributed by atoms with Crippen LogP contribution >= 0.6 is 11.8 Å². The van der Waals surface area contributed by atoms with Crippen LogP contribution in [0.1, 0.15) is 6.92 Å². The average Bonchev–Trinajstić information content (AvgIpc) is 2.34. The Morgan fingerprint density at radius 1 is 1.35 bits per heavy atom. The molecule has 0 aliphatic carbocycles. The van der Waals surface area contributed by atoms with Gasteiger partial charge in [0.05, 0.1) is 0 Å². The molecule has 1 atom stereocenters. The van der Waals surface area contributed by atoms with Gasteiger partial charge in [-0.2, -0.15) is 8.78 Å². The maximum Gasteiger partial charge on any atom is 0.328 e. The summed E-state index contributed by atoms with van der Waals surface area (Å²) in [5, 5.41) is 13.9. The highest BCUT2D eigenvalue weighted by Gasteiger charge is 2.18. The predicted octanol–water partition coefficient (Wildman–Crippen LogP) is 2.00. The summed E-state index contributed by atoms with van der Waals surface area (Å²) >= 11 is 0.368. The van der Waals surface area contributed by atoms with E-state index in [1.807, 2.05) is 0 Å². The van der Waals surface area contributed by atoms with Crippen LogP contribution in [0.3, 0.4) is 0 Å². The quantitative estimate of drug-likeness (QED) is 0.672. The largest absolute Gasteiger partial charge is 0.480 e. The molecule has 3 N–H and O–H groups in total. The number of hydrogen-bond donors (Lipinski definition) is 3. The van der Waals surface area contributed by atoms with Gasteiger partial charge in [-0.1, -0.05) is 23.9 Å². The first-order chi connectivity index (χ1) is 9.40. The van der Waals surface area contributed by atoms with Gasteiger partial charge in [-0.15, -0.1) is 0 Å². The monoisotopic (exact) mass is 304 g/mol. The lowest BCUT2D eigenvalue weighted by Gasteiger charge is -2.16. The number of nitrogens with one attached hydrogen (secondary N) is 2. The van der Waals surface area contributed by atoms with E-state index in [4.69, 9.17) is 5.11 Å². The highest BCUT2D eigenvalue weighted by atomic mass is 32.2. The predicted molar refractivity (Wildman–Crippen MR) is 72.0 cm³/mol. The molecule has 0 fully saturated rings. The number of benzene rings is 1. The standard InChI is InChI=1S/C12H14F2N2O3S/c1-7(17)16-9(11(18)19)6-15-8-4-2-3-5-10(8)20-12(13)14/h2-5,9,12,15H,6H2,1H3,(H,16,17)(H,18,19). The van der Waals surface area contributed by atoms with Crippen molar-refractivity contribution in [2.24, 2.45) is 0 Å². The second-order valence-electron chi connectivity index (χ2n) is 3.85. The van der Waals surface area contributed by atoms with Crippen molar-refractivity contribution in [1.29, 1.82) is 0 Å². The molecule has 0 bridgehead atoms. The van der Waals surface area contributed by atoms with E-state index in [9.17, 15) is 18.4 Å². The fourth-order valence-electron chi connectivity index (χ4n) is 1.47. The zero-order valence-electron chi connectivity index (χ0n) is 10.6. The minimum atomic E-state index is -2.57. The summed E-state index contributed by atoms with van der Waals surface area (Å²) in [6, 6.07) is 5.20. The van der Waals surface area contributed by atoms with Crippen molar-refractivity contribution in [3.05, 3.63) is 24.3 Å². The molecule has 1 aromatic rings. The Bertz CT molecular complexity index is 486. The molecule has 1 rings (SSSR count). The zero-order chi connectivity index (χ0) is 15.1. The Morgan fingerprint density at radius 3 is 2.55 bits per heavy atom. The van der Waals surface area contributed by atoms with Crippen molar-refractivity contribution in [3.63, 3.8) is 0 Å². The van der Waals surface area contributed by atoms with E-state index in [1.165, 1.54) is 13.0 Å². The number of carboxylic acids is 1. The molecule has 0 aliphatic rings. The lowest BCUT2D eigenvalue weighted by atomic mass is 10.2. The second kappa shape index (κ2) is 7.68. The van der Waals surface area contributed by atoms with Crippen LogP contribution in [0.15, 0.2) is 29.2 Å². The van der Waals surface area contributed by atoms with E-state index in [2.05, 4.69) is 10.6 Å². The van der Waals surface area contributed by atoms with Gasteiger partial charge >= 0.3 is 5.97 Å². The summed E-state index contributed by atoms with van der Waals surface area (Å²) < 4.78 is 24.8. The summed E-state index contributed by atoms with van der Waals surface area (Å²) in [6.07, 6.45) is 0. The van der Waals surface area contributed by atoms with Crippen LogP contribution in [0.25, 0.3) is 0 Å². The fraction of sp³-hybridized carbons (Fsp3) is 0.333. The summed E-state index contributed by atoms with van der Waals surface area (Å²) in [5.41, 5.74) is 0.398. The molecule has 110 valence electrons. The fourth-order valence-corrected chi connectivity index (χ4v) is 2.09. The summed E-state index contributed by atoms with van der Waals surface area (Å²) in [4.78, 5) is 22.1. The van der Waals surface area contributed by atoms with Crippen LogP contribution in [0.5, 0.6) is 0 Å². The summed E-state index contributed by atoms with van der Waals surface area (Å²) in [5.74, 6) is -4.25. The summed E-state index contributed by atoms with van der Waals surface area (Å²) in [7, 11) is 0. The average molecular weight is 304 g/mol. The normalized spacial score (nSPS) is 12.0. The lowest BCUT2D eigenvalue weighted by molar-refractivity contribution is -0.141. The Balaban J connectivity index is 2.72. The maximum atomic E-state index is 12.4. The number of carbonyl (C=O) groups excluding carboxylic acids is 1. The molecule has 0 saturated carbocycles. The number of aliphatic carboxylic acids is 1. The van der Waals surface area contributed by atoms with Crippen molar-refractivity contribution in [2.75, 3.05) is 11.9 Å². The number of alkyl halides is 2. The number of hydrogen-bond acceptors (Lipinski definition) is 4. The van der Waals surface area contributed by atoms with Gasteiger partial charge < -0.3 is 15.7 Å². The minimum Gasteiger partial charge on any atom is -0.480 e. The van der Waals surface area contributed by atoms with E-state index in [1.54, 1.807) is 18.2 Å². The zero-order valence-corrected chi connectivity index (χ0v) is 11.4. The highest BCUT2D eigenvalue weighted by molar-refractivity contribution is 7.99. The lowest BCUT2D eigenvalue weighted by Crippen LogP contribution is -2.44. The molecule has 0 saturated heterocycles. The molecule has 8 heteroatoms. The highest BCUT2D eigenvalue weighted by Crippen LogP contribution is 2.31. The molecule has 20 heavy (non-hydrogen) atoms. The van der Waals surface area contributed by atoms with Crippen molar-refractivity contribution >= 4 is 29.3 Å². The third-order valence-electron chi connectivity index (χ3n) is 2.28. The molecule has 0 spiro atoms. The number of halogens is 2. The first-order valence-electron chi connectivity index (χ1n) is 5.67. The third-order valence-corrected chi connectivity index (χ3v) is 3.06. The molecular weight excluding hydrogens is 290 g/mol. The number of para-hydroxylation sites is 1. The number of thioether (sulfide) groups is 1. The number of rotatable bonds is 7. The van der Waals surface area contributed by atoms with Gasteiger partial charge in [0, 0.05) is 24.1 Å². The van der Waals surface area contributed by atoms with Gasteiger partial charge in [-0.3, -0.25) is 4.79 Å². The van der Waals surface area contributed by atoms with Crippen molar-refractivity contribution in [2.45, 2.75) is 23.6 Å². The molecule has 1 aromatic carbocycles. The van der Waals surface area contributed by atoms with Gasteiger partial charge in [-0.25, -0.2) is 4.79 Å². The van der Waals surface area contributed by atoms with Gasteiger partial charge in [0.25, 0.3) is 5.76 Å². The van der Waals surface area contributed by atoms with Crippen LogP contribution in [0.2, 0.25) is 0 Å². The maximum absolute atomic E-state index is 12.4. The smallest absolute Gasteiger partial charge is 0.328 e. The number of carboxylic acid groups (broad SMARTS) is 1. The Hall–Kier alpha value is -1.83. The number of anilines is 1. The van der Waals surface area contributed by atoms with Crippen LogP contribution in [0.4, 0.5) is 14.5 Å². The van der Waals surface area contributed by atoms with Gasteiger partial charge in [-0.05, 0) is 12.1 Å². The molecule has 1 unspecified atom stereocenters. The number of amides is 1.